The number of aromatic nitrogens is 4. The third kappa shape index (κ3) is 4.90. The van der Waals surface area contributed by atoms with Gasteiger partial charge in [0, 0.05) is 42.3 Å². The van der Waals surface area contributed by atoms with Gasteiger partial charge in [-0.2, -0.15) is 0 Å². The van der Waals surface area contributed by atoms with Crippen LogP contribution in [0, 0.1) is 10.1 Å². The summed E-state index contributed by atoms with van der Waals surface area (Å²) in [6.07, 6.45) is 5.63. The Bertz CT molecular complexity index is 1050. The minimum absolute atomic E-state index is 0.0822. The number of carbonyl (C=O) groups is 1. The zero-order valence-corrected chi connectivity index (χ0v) is 17.1. The van der Waals surface area contributed by atoms with E-state index in [0.29, 0.717) is 29.6 Å². The number of nitro groups is 1. The first-order valence-corrected chi connectivity index (χ1v) is 10.1. The fourth-order valence-electron chi connectivity index (χ4n) is 2.75. The van der Waals surface area contributed by atoms with Crippen molar-refractivity contribution in [2.24, 2.45) is 0 Å². The number of non-ortho nitro benzene ring substituents is 1. The Morgan fingerprint density at radius 1 is 1.33 bits per heavy atom. The molecule has 0 aliphatic rings. The highest BCUT2D eigenvalue weighted by molar-refractivity contribution is 8.00. The summed E-state index contributed by atoms with van der Waals surface area (Å²) in [6.45, 7) is 6.17. The fourth-order valence-corrected chi connectivity index (χ4v) is 3.72. The van der Waals surface area contributed by atoms with Crippen LogP contribution in [0.15, 0.2) is 66.6 Å². The van der Waals surface area contributed by atoms with Gasteiger partial charge in [0.05, 0.1) is 10.2 Å². The Balaban J connectivity index is 1.80. The number of nitrogens with one attached hydrogen (secondary N) is 1. The average molecular weight is 424 g/mol. The number of rotatable bonds is 9. The number of nitro benzene ring substituents is 1. The quantitative estimate of drug-likeness (QED) is 0.239. The summed E-state index contributed by atoms with van der Waals surface area (Å²) in [7, 11) is 0. The van der Waals surface area contributed by atoms with Crippen LogP contribution < -0.4 is 5.32 Å². The first-order valence-electron chi connectivity index (χ1n) is 9.20. The van der Waals surface area contributed by atoms with E-state index in [1.54, 1.807) is 24.5 Å². The maximum atomic E-state index is 12.8. The summed E-state index contributed by atoms with van der Waals surface area (Å²) in [5.41, 5.74) is 1.15. The topological polar surface area (TPSA) is 116 Å². The smallest absolute Gasteiger partial charge is 0.271 e. The highest BCUT2D eigenvalue weighted by Gasteiger charge is 2.23. The van der Waals surface area contributed by atoms with Crippen molar-refractivity contribution in [2.45, 2.75) is 30.3 Å². The van der Waals surface area contributed by atoms with Gasteiger partial charge in [0.15, 0.2) is 11.0 Å². The molecule has 0 spiro atoms. The third-order valence-electron chi connectivity index (χ3n) is 4.20. The van der Waals surface area contributed by atoms with Crippen LogP contribution in [-0.4, -0.2) is 35.8 Å². The summed E-state index contributed by atoms with van der Waals surface area (Å²) in [5.74, 6) is 0.398. The van der Waals surface area contributed by atoms with E-state index in [1.807, 2.05) is 23.6 Å². The minimum atomic E-state index is -0.500. The molecule has 1 atom stereocenters. The number of thioether (sulfide) groups is 1. The van der Waals surface area contributed by atoms with Crippen molar-refractivity contribution in [2.75, 3.05) is 5.32 Å². The number of pyridine rings is 1. The van der Waals surface area contributed by atoms with Crippen molar-refractivity contribution in [3.63, 3.8) is 0 Å². The molecule has 3 rings (SSSR count). The summed E-state index contributed by atoms with van der Waals surface area (Å²) in [5, 5.41) is 22.4. The molecule has 0 fully saturated rings. The molecule has 1 N–H and O–H groups in total. The summed E-state index contributed by atoms with van der Waals surface area (Å²) in [4.78, 5) is 27.3. The molecule has 2 heterocycles. The molecular weight excluding hydrogens is 404 g/mol. The van der Waals surface area contributed by atoms with Crippen LogP contribution in [0.4, 0.5) is 11.4 Å². The molecule has 30 heavy (non-hydrogen) atoms. The lowest BCUT2D eigenvalue weighted by molar-refractivity contribution is -0.384. The maximum absolute atomic E-state index is 12.8. The van der Waals surface area contributed by atoms with Crippen molar-refractivity contribution < 1.29 is 9.72 Å². The van der Waals surface area contributed by atoms with E-state index in [0.717, 1.165) is 5.56 Å². The summed E-state index contributed by atoms with van der Waals surface area (Å²) in [6, 6.07) is 9.53. The second-order valence-corrected chi connectivity index (χ2v) is 7.42. The van der Waals surface area contributed by atoms with E-state index in [4.69, 9.17) is 0 Å². The van der Waals surface area contributed by atoms with Gasteiger partial charge in [0.1, 0.15) is 0 Å². The van der Waals surface area contributed by atoms with Crippen LogP contribution in [0.3, 0.4) is 0 Å². The van der Waals surface area contributed by atoms with Gasteiger partial charge in [-0.3, -0.25) is 24.5 Å². The van der Waals surface area contributed by atoms with E-state index in [2.05, 4.69) is 27.1 Å². The van der Waals surface area contributed by atoms with Crippen molar-refractivity contribution in [3.05, 3.63) is 71.6 Å². The molecular formula is C20H20N6O3S. The van der Waals surface area contributed by atoms with E-state index in [1.165, 1.54) is 30.0 Å². The molecule has 0 aliphatic heterocycles. The molecule has 3 aromatic rings. The molecule has 154 valence electrons. The molecule has 10 heteroatoms. The van der Waals surface area contributed by atoms with Gasteiger partial charge in [0.2, 0.25) is 5.91 Å². The monoisotopic (exact) mass is 424 g/mol. The predicted octanol–water partition coefficient (Wildman–Crippen LogP) is 3.94. The van der Waals surface area contributed by atoms with E-state index >= 15 is 0 Å². The van der Waals surface area contributed by atoms with Crippen LogP contribution in [-0.2, 0) is 11.3 Å². The Hall–Kier alpha value is -3.53. The normalized spacial score (nSPS) is 11.6. The van der Waals surface area contributed by atoms with Gasteiger partial charge in [-0.1, -0.05) is 30.8 Å². The van der Waals surface area contributed by atoms with Crippen molar-refractivity contribution >= 4 is 29.0 Å². The molecule has 2 aromatic heterocycles. The molecule has 0 saturated heterocycles. The molecule has 0 radical (unpaired) electrons. The third-order valence-corrected chi connectivity index (χ3v) is 5.55. The van der Waals surface area contributed by atoms with Crippen LogP contribution in [0.1, 0.15) is 13.3 Å². The van der Waals surface area contributed by atoms with Crippen molar-refractivity contribution in [1.82, 2.24) is 19.7 Å². The first-order chi connectivity index (χ1) is 14.5. The zero-order valence-electron chi connectivity index (χ0n) is 16.3. The summed E-state index contributed by atoms with van der Waals surface area (Å²) < 4.78 is 1.89. The summed E-state index contributed by atoms with van der Waals surface area (Å²) >= 11 is 1.29. The standard InChI is InChI=1S/C20H20N6O3S/c1-3-12-25-18(14-8-10-21-11-9-14)23-24-20(25)30-17(4-2)19(27)22-15-6-5-7-16(13-15)26(28)29/h3,5-11,13,17H,1,4,12H2,2H3,(H,22,27)/t17-/m0/s1. The Kier molecular flexibility index (Phi) is 6.91. The SMILES string of the molecule is C=CCn1c(S[C@@H](CC)C(=O)Nc2cccc([N+](=O)[O-])c2)nnc1-c1ccncc1. The molecule has 9 nitrogen and oxygen atoms in total. The lowest BCUT2D eigenvalue weighted by atomic mass is 10.2. The van der Waals surface area contributed by atoms with Gasteiger partial charge in [-0.25, -0.2) is 0 Å². The van der Waals surface area contributed by atoms with Crippen molar-refractivity contribution in [3.8, 4) is 11.4 Å². The highest BCUT2D eigenvalue weighted by atomic mass is 32.2. The number of nitrogens with zero attached hydrogens (tertiary/aromatic N) is 5. The number of hydrogen-bond acceptors (Lipinski definition) is 7. The van der Waals surface area contributed by atoms with Gasteiger partial charge in [-0.05, 0) is 24.6 Å². The lowest BCUT2D eigenvalue weighted by Gasteiger charge is -2.15. The van der Waals surface area contributed by atoms with Crippen LogP contribution in [0.2, 0.25) is 0 Å². The highest BCUT2D eigenvalue weighted by Crippen LogP contribution is 2.29. The van der Waals surface area contributed by atoms with E-state index in [-0.39, 0.29) is 11.6 Å². The Labute approximate surface area is 177 Å². The maximum Gasteiger partial charge on any atom is 0.271 e. The molecule has 0 bridgehead atoms. The minimum Gasteiger partial charge on any atom is -0.325 e. The van der Waals surface area contributed by atoms with Crippen LogP contribution in [0.25, 0.3) is 11.4 Å². The Morgan fingerprint density at radius 3 is 2.77 bits per heavy atom. The number of hydrogen-bond donors (Lipinski definition) is 1. The first kappa shape index (κ1) is 21.2. The number of allylic oxidation sites excluding steroid dienone is 1. The second kappa shape index (κ2) is 9.79. The van der Waals surface area contributed by atoms with Crippen LogP contribution >= 0.6 is 11.8 Å². The zero-order chi connectivity index (χ0) is 21.5. The van der Waals surface area contributed by atoms with E-state index in [9.17, 15) is 14.9 Å². The number of anilines is 1. The van der Waals surface area contributed by atoms with Crippen LogP contribution in [0.5, 0.6) is 0 Å². The van der Waals surface area contributed by atoms with Crippen molar-refractivity contribution in [1.29, 1.82) is 0 Å². The largest absolute Gasteiger partial charge is 0.325 e. The lowest BCUT2D eigenvalue weighted by Crippen LogP contribution is -2.25. The molecule has 1 aromatic carbocycles. The number of benzene rings is 1. The van der Waals surface area contributed by atoms with Gasteiger partial charge in [-0.15, -0.1) is 16.8 Å². The average Bonchev–Trinajstić information content (AvgIpc) is 3.15. The predicted molar refractivity (Wildman–Crippen MR) is 115 cm³/mol. The second-order valence-electron chi connectivity index (χ2n) is 6.25. The Morgan fingerprint density at radius 2 is 2.10 bits per heavy atom. The number of carbonyl (C=O) groups excluding carboxylic acids is 1. The van der Waals surface area contributed by atoms with Gasteiger partial charge >= 0.3 is 0 Å². The van der Waals surface area contributed by atoms with Gasteiger partial charge in [0.25, 0.3) is 5.69 Å². The van der Waals surface area contributed by atoms with Gasteiger partial charge < -0.3 is 5.32 Å². The molecule has 0 unspecified atom stereocenters. The number of amides is 1. The molecule has 0 saturated carbocycles. The fraction of sp³-hybridized carbons (Fsp3) is 0.200. The molecule has 0 aliphatic carbocycles. The van der Waals surface area contributed by atoms with E-state index < -0.39 is 10.2 Å². The molecule has 1 amide bonds.